The Bertz CT molecular complexity index is 851. The van der Waals surface area contributed by atoms with Crippen LogP contribution in [-0.2, 0) is 6.42 Å². The summed E-state index contributed by atoms with van der Waals surface area (Å²) in [6.07, 6.45) is 7.75. The number of rotatable bonds is 6. The smallest absolute Gasteiger partial charge is 0.175 e. The van der Waals surface area contributed by atoms with Crippen LogP contribution in [0.3, 0.4) is 0 Å². The van der Waals surface area contributed by atoms with Gasteiger partial charge in [-0.2, -0.15) is 5.10 Å². The molecule has 0 aliphatic rings. The molecular formula is C22H29N5. The lowest BCUT2D eigenvalue weighted by molar-refractivity contribution is 0.995. The average Bonchev–Trinajstić information content (AvgIpc) is 3.08. The van der Waals surface area contributed by atoms with Crippen molar-refractivity contribution in [2.45, 2.75) is 40.5 Å². The van der Waals surface area contributed by atoms with Crippen LogP contribution in [0, 0.1) is 13.8 Å². The minimum absolute atomic E-state index is 0.650. The van der Waals surface area contributed by atoms with Gasteiger partial charge in [0.1, 0.15) is 11.7 Å². The first-order valence-electron chi connectivity index (χ1n) is 9.20. The number of aromatic nitrogens is 2. The van der Waals surface area contributed by atoms with Gasteiger partial charge in [0, 0.05) is 25.2 Å². The number of aryl methyl sites for hydroxylation is 3. The highest BCUT2D eigenvalue weighted by Gasteiger charge is 2.08. The van der Waals surface area contributed by atoms with Gasteiger partial charge in [-0.3, -0.25) is 10.1 Å². The van der Waals surface area contributed by atoms with Crippen LogP contribution in [0.1, 0.15) is 37.1 Å². The van der Waals surface area contributed by atoms with Crippen molar-refractivity contribution in [2.75, 3.05) is 7.05 Å². The summed E-state index contributed by atoms with van der Waals surface area (Å²) >= 11 is 0. The van der Waals surface area contributed by atoms with E-state index in [2.05, 4.69) is 56.7 Å². The molecule has 0 unspecified atom stereocenters. The summed E-state index contributed by atoms with van der Waals surface area (Å²) in [4.78, 5) is 9.09. The van der Waals surface area contributed by atoms with Crippen LogP contribution >= 0.6 is 0 Å². The fraction of sp³-hybridized carbons (Fsp3) is 0.318. The van der Waals surface area contributed by atoms with E-state index in [1.165, 1.54) is 11.1 Å². The second-order valence-corrected chi connectivity index (χ2v) is 6.53. The Hall–Kier alpha value is -2.95. The summed E-state index contributed by atoms with van der Waals surface area (Å²) in [5, 5.41) is 10.5. The van der Waals surface area contributed by atoms with Gasteiger partial charge in [0.05, 0.1) is 0 Å². The predicted octanol–water partition coefficient (Wildman–Crippen LogP) is 4.83. The van der Waals surface area contributed by atoms with Crippen molar-refractivity contribution in [1.82, 2.24) is 15.5 Å². The Morgan fingerprint density at radius 3 is 2.56 bits per heavy atom. The second-order valence-electron chi connectivity index (χ2n) is 6.53. The molecule has 0 spiro atoms. The quantitative estimate of drug-likeness (QED) is 0.438. The number of H-pyrrole nitrogens is 1. The van der Waals surface area contributed by atoms with Crippen molar-refractivity contribution in [1.29, 1.82) is 0 Å². The summed E-state index contributed by atoms with van der Waals surface area (Å²) in [6.45, 7) is 8.08. The lowest BCUT2D eigenvalue weighted by atomic mass is 10.1. The van der Waals surface area contributed by atoms with E-state index in [4.69, 9.17) is 0 Å². The van der Waals surface area contributed by atoms with Gasteiger partial charge in [-0.05, 0) is 45.3 Å². The van der Waals surface area contributed by atoms with Crippen molar-refractivity contribution < 1.29 is 0 Å². The predicted molar refractivity (Wildman–Crippen MR) is 115 cm³/mol. The topological polar surface area (TPSA) is 65.4 Å². The third-order valence-electron chi connectivity index (χ3n) is 4.13. The summed E-state index contributed by atoms with van der Waals surface area (Å²) < 4.78 is 0. The number of aromatic amines is 1. The minimum Gasteiger partial charge on any atom is -0.328 e. The molecule has 5 heteroatoms. The lowest BCUT2D eigenvalue weighted by Gasteiger charge is -2.12. The Morgan fingerprint density at radius 1 is 1.22 bits per heavy atom. The Morgan fingerprint density at radius 2 is 1.96 bits per heavy atom. The number of amidine groups is 2. The molecule has 0 bridgehead atoms. The number of hydrogen-bond donors (Lipinski definition) is 2. The lowest BCUT2D eigenvalue weighted by Crippen LogP contribution is -2.31. The van der Waals surface area contributed by atoms with Crippen LogP contribution in [-0.4, -0.2) is 28.9 Å². The SMILES string of the molecule is C/C=C\C=C(/C)C(=Nc1cc(C)[nH]n1)NC(CCc1ccc(C)cc1)=NC. The van der Waals surface area contributed by atoms with Crippen molar-refractivity contribution in [2.24, 2.45) is 9.98 Å². The van der Waals surface area contributed by atoms with Crippen LogP contribution in [0.25, 0.3) is 0 Å². The molecule has 2 rings (SSSR count). The van der Waals surface area contributed by atoms with Crippen LogP contribution in [0.2, 0.25) is 0 Å². The number of hydrogen-bond acceptors (Lipinski definition) is 3. The van der Waals surface area contributed by atoms with Gasteiger partial charge in [-0.1, -0.05) is 48.1 Å². The molecule has 0 atom stereocenters. The summed E-state index contributed by atoms with van der Waals surface area (Å²) in [5.74, 6) is 2.30. The first kappa shape index (κ1) is 20.4. The zero-order chi connectivity index (χ0) is 19.6. The van der Waals surface area contributed by atoms with E-state index in [1.807, 2.05) is 45.1 Å². The maximum absolute atomic E-state index is 4.67. The maximum atomic E-state index is 4.67. The monoisotopic (exact) mass is 363 g/mol. The van der Waals surface area contributed by atoms with Gasteiger partial charge < -0.3 is 5.32 Å². The van der Waals surface area contributed by atoms with Crippen LogP contribution in [0.5, 0.6) is 0 Å². The second kappa shape index (κ2) is 10.3. The molecule has 2 N–H and O–H groups in total. The highest BCUT2D eigenvalue weighted by molar-refractivity contribution is 6.09. The van der Waals surface area contributed by atoms with Gasteiger partial charge >= 0.3 is 0 Å². The number of allylic oxidation sites excluding steroid dienone is 3. The van der Waals surface area contributed by atoms with Crippen molar-refractivity contribution >= 4 is 17.5 Å². The van der Waals surface area contributed by atoms with Crippen LogP contribution in [0.15, 0.2) is 64.1 Å². The van der Waals surface area contributed by atoms with Crippen molar-refractivity contribution in [3.63, 3.8) is 0 Å². The molecular weight excluding hydrogens is 334 g/mol. The van der Waals surface area contributed by atoms with E-state index in [1.54, 1.807) is 7.05 Å². The molecule has 0 amide bonds. The Balaban J connectivity index is 2.16. The molecule has 0 saturated carbocycles. The van der Waals surface area contributed by atoms with Crippen molar-refractivity contribution in [3.8, 4) is 0 Å². The molecule has 0 fully saturated rings. The molecule has 0 aliphatic heterocycles. The van der Waals surface area contributed by atoms with E-state index in [-0.39, 0.29) is 0 Å². The molecule has 1 aromatic heterocycles. The highest BCUT2D eigenvalue weighted by Crippen LogP contribution is 2.12. The first-order valence-corrected chi connectivity index (χ1v) is 9.20. The third kappa shape index (κ3) is 6.70. The maximum Gasteiger partial charge on any atom is 0.175 e. The molecule has 5 nitrogen and oxygen atoms in total. The zero-order valence-corrected chi connectivity index (χ0v) is 16.9. The summed E-state index contributed by atoms with van der Waals surface area (Å²) in [6, 6.07) is 10.5. The Labute approximate surface area is 162 Å². The van der Waals surface area contributed by atoms with Gasteiger partial charge in [-0.25, -0.2) is 4.99 Å². The van der Waals surface area contributed by atoms with Gasteiger partial charge in [0.25, 0.3) is 0 Å². The fourth-order valence-electron chi connectivity index (χ4n) is 2.49. The van der Waals surface area contributed by atoms with E-state index in [0.717, 1.165) is 35.8 Å². The molecule has 27 heavy (non-hydrogen) atoms. The van der Waals surface area contributed by atoms with E-state index < -0.39 is 0 Å². The molecule has 1 aromatic carbocycles. The van der Waals surface area contributed by atoms with E-state index >= 15 is 0 Å². The largest absolute Gasteiger partial charge is 0.328 e. The fourth-order valence-corrected chi connectivity index (χ4v) is 2.49. The van der Waals surface area contributed by atoms with Gasteiger partial charge in [0.15, 0.2) is 5.82 Å². The standard InChI is InChI=1S/C22H29N5/c1-6-7-8-17(3)22(25-21-15-18(4)26-27-21)24-20(23-5)14-13-19-11-9-16(2)10-12-19/h6-12,15H,13-14H2,1-5H3,(H2,23,24,25,26,27)/b7-6-,17-8+. The highest BCUT2D eigenvalue weighted by atomic mass is 15.2. The third-order valence-corrected chi connectivity index (χ3v) is 4.13. The normalized spacial score (nSPS) is 13.4. The Kier molecular flexibility index (Phi) is 7.74. The minimum atomic E-state index is 0.650. The van der Waals surface area contributed by atoms with Gasteiger partial charge in [0.2, 0.25) is 0 Å². The van der Waals surface area contributed by atoms with Crippen LogP contribution < -0.4 is 5.32 Å². The van der Waals surface area contributed by atoms with Crippen molar-refractivity contribution in [3.05, 3.63) is 71.0 Å². The molecule has 2 aromatic rings. The van der Waals surface area contributed by atoms with Gasteiger partial charge in [-0.15, -0.1) is 0 Å². The summed E-state index contributed by atoms with van der Waals surface area (Å²) in [7, 11) is 1.80. The summed E-state index contributed by atoms with van der Waals surface area (Å²) in [5.41, 5.74) is 4.57. The molecule has 142 valence electrons. The van der Waals surface area contributed by atoms with Crippen LogP contribution in [0.4, 0.5) is 5.82 Å². The number of aliphatic imine (C=N–C) groups is 2. The number of nitrogens with one attached hydrogen (secondary N) is 2. The molecule has 0 saturated heterocycles. The van der Waals surface area contributed by atoms with E-state index in [0.29, 0.717) is 5.82 Å². The number of nitrogens with zero attached hydrogens (tertiary/aromatic N) is 3. The molecule has 1 heterocycles. The average molecular weight is 364 g/mol. The number of benzene rings is 1. The van der Waals surface area contributed by atoms with E-state index in [9.17, 15) is 0 Å². The first-order chi connectivity index (χ1) is 13.0. The zero-order valence-electron chi connectivity index (χ0n) is 16.9. The molecule has 0 radical (unpaired) electrons. The molecule has 0 aliphatic carbocycles.